The number of hydrogen-bond donors (Lipinski definition) is 2. The highest BCUT2D eigenvalue weighted by Crippen LogP contribution is 2.32. The Balaban J connectivity index is 1.50. The molecule has 0 spiro atoms. The summed E-state index contributed by atoms with van der Waals surface area (Å²) in [7, 11) is 0. The molecule has 0 atom stereocenters. The van der Waals surface area contributed by atoms with Crippen molar-refractivity contribution in [1.29, 1.82) is 0 Å². The van der Waals surface area contributed by atoms with Gasteiger partial charge in [-0.3, -0.25) is 19.8 Å². The number of imide groups is 1. The number of benzene rings is 1. The van der Waals surface area contributed by atoms with E-state index in [4.69, 9.17) is 0 Å². The highest BCUT2D eigenvalue weighted by molar-refractivity contribution is 6.22. The Labute approximate surface area is 156 Å². The van der Waals surface area contributed by atoms with Crippen LogP contribution in [0, 0.1) is 0 Å². The summed E-state index contributed by atoms with van der Waals surface area (Å²) in [5.41, 5.74) is 1.20. The molecule has 0 saturated heterocycles. The Morgan fingerprint density at radius 2 is 1.74 bits per heavy atom. The van der Waals surface area contributed by atoms with Gasteiger partial charge in [0.15, 0.2) is 0 Å². The zero-order valence-corrected chi connectivity index (χ0v) is 14.8. The number of nitrogens with one attached hydrogen (secondary N) is 2. The van der Waals surface area contributed by atoms with Crippen molar-refractivity contribution in [2.24, 2.45) is 0 Å². The predicted molar refractivity (Wildman–Crippen MR) is 101 cm³/mol. The number of fused-ring (bicyclic) bond motifs is 1. The van der Waals surface area contributed by atoms with E-state index in [1.54, 1.807) is 42.6 Å². The maximum absolute atomic E-state index is 12.8. The molecule has 27 heavy (non-hydrogen) atoms. The van der Waals surface area contributed by atoms with Crippen molar-refractivity contribution in [3.8, 4) is 0 Å². The van der Waals surface area contributed by atoms with E-state index in [0.29, 0.717) is 22.6 Å². The van der Waals surface area contributed by atoms with Crippen molar-refractivity contribution in [2.45, 2.75) is 38.1 Å². The summed E-state index contributed by atoms with van der Waals surface area (Å²) in [6.45, 7) is 0. The summed E-state index contributed by atoms with van der Waals surface area (Å²) in [4.78, 5) is 43.0. The zero-order chi connectivity index (χ0) is 18.8. The van der Waals surface area contributed by atoms with Gasteiger partial charge in [-0.25, -0.2) is 9.78 Å². The Morgan fingerprint density at radius 1 is 0.963 bits per heavy atom. The maximum atomic E-state index is 12.8. The van der Waals surface area contributed by atoms with Crippen LogP contribution in [0.2, 0.25) is 0 Å². The third-order valence-corrected chi connectivity index (χ3v) is 5.02. The lowest BCUT2D eigenvalue weighted by molar-refractivity contribution is 0.0549. The van der Waals surface area contributed by atoms with Gasteiger partial charge in [-0.15, -0.1) is 0 Å². The van der Waals surface area contributed by atoms with Gasteiger partial charge in [0.25, 0.3) is 11.8 Å². The highest BCUT2D eigenvalue weighted by Gasteiger charge is 2.40. The number of hydrogen-bond acceptors (Lipinski definition) is 4. The Hall–Kier alpha value is -3.22. The van der Waals surface area contributed by atoms with Crippen molar-refractivity contribution in [3.63, 3.8) is 0 Å². The molecule has 1 saturated carbocycles. The fourth-order valence-corrected chi connectivity index (χ4v) is 3.72. The lowest BCUT2D eigenvalue weighted by Gasteiger charge is -2.29. The molecule has 0 bridgehead atoms. The second-order valence-electron chi connectivity index (χ2n) is 6.83. The lowest BCUT2D eigenvalue weighted by atomic mass is 9.94. The standard InChI is InChI=1S/C20H20N4O3/c25-18-15-10-9-13(22-20(27)23-17-8-4-5-11-21-17)12-16(15)19(26)24(18)14-6-2-1-3-7-14/h4-5,8-12,14H,1-3,6-7H2,(H2,21,22,23,27). The van der Waals surface area contributed by atoms with Crippen LogP contribution in [0.4, 0.5) is 16.3 Å². The molecule has 1 fully saturated rings. The van der Waals surface area contributed by atoms with Gasteiger partial charge in [0.2, 0.25) is 0 Å². The van der Waals surface area contributed by atoms with Gasteiger partial charge in [0.1, 0.15) is 5.82 Å². The third-order valence-electron chi connectivity index (χ3n) is 5.02. The predicted octanol–water partition coefficient (Wildman–Crippen LogP) is 3.65. The minimum atomic E-state index is -0.463. The van der Waals surface area contributed by atoms with Crippen LogP contribution < -0.4 is 10.6 Å². The van der Waals surface area contributed by atoms with Gasteiger partial charge in [0.05, 0.1) is 11.1 Å². The summed E-state index contributed by atoms with van der Waals surface area (Å²) in [6, 6.07) is 9.51. The molecular formula is C20H20N4O3. The molecule has 138 valence electrons. The molecule has 1 aliphatic carbocycles. The normalized spacial score (nSPS) is 17.0. The molecule has 7 nitrogen and oxygen atoms in total. The molecule has 7 heteroatoms. The summed E-state index contributed by atoms with van der Waals surface area (Å²) in [6.07, 6.45) is 6.54. The Kier molecular flexibility index (Phi) is 4.58. The minimum Gasteiger partial charge on any atom is -0.308 e. The SMILES string of the molecule is O=C(Nc1ccc2c(c1)C(=O)N(C1CCCCC1)C2=O)Nc1ccccn1. The summed E-state index contributed by atoms with van der Waals surface area (Å²) < 4.78 is 0. The second-order valence-corrected chi connectivity index (χ2v) is 6.83. The van der Waals surface area contributed by atoms with Crippen LogP contribution >= 0.6 is 0 Å². The average molecular weight is 364 g/mol. The first-order valence-electron chi connectivity index (χ1n) is 9.14. The topological polar surface area (TPSA) is 91.4 Å². The molecule has 0 unspecified atom stereocenters. The molecule has 2 heterocycles. The molecule has 4 amide bonds. The first-order valence-corrected chi connectivity index (χ1v) is 9.14. The Morgan fingerprint density at radius 3 is 2.48 bits per heavy atom. The smallest absolute Gasteiger partial charge is 0.308 e. The molecule has 2 N–H and O–H groups in total. The van der Waals surface area contributed by atoms with Gasteiger partial charge in [0, 0.05) is 17.9 Å². The second kappa shape index (κ2) is 7.19. The van der Waals surface area contributed by atoms with Gasteiger partial charge in [-0.2, -0.15) is 0 Å². The fraction of sp³-hybridized carbons (Fsp3) is 0.300. The molecule has 1 aromatic carbocycles. The maximum Gasteiger partial charge on any atom is 0.324 e. The van der Waals surface area contributed by atoms with Crippen LogP contribution in [0.25, 0.3) is 0 Å². The van der Waals surface area contributed by atoms with E-state index >= 15 is 0 Å². The van der Waals surface area contributed by atoms with Crippen LogP contribution in [-0.4, -0.2) is 33.8 Å². The number of carbonyl (C=O) groups excluding carboxylic acids is 3. The number of rotatable bonds is 3. The van der Waals surface area contributed by atoms with Crippen LogP contribution in [0.15, 0.2) is 42.6 Å². The molecule has 1 aliphatic heterocycles. The number of anilines is 2. The largest absolute Gasteiger partial charge is 0.324 e. The molecule has 2 aromatic rings. The molecule has 4 rings (SSSR count). The third kappa shape index (κ3) is 3.40. The van der Waals surface area contributed by atoms with E-state index < -0.39 is 6.03 Å². The number of carbonyl (C=O) groups is 3. The first kappa shape index (κ1) is 17.2. The van der Waals surface area contributed by atoms with Gasteiger partial charge in [-0.1, -0.05) is 25.3 Å². The van der Waals surface area contributed by atoms with E-state index in [1.807, 2.05) is 0 Å². The average Bonchev–Trinajstić information content (AvgIpc) is 2.93. The Bertz CT molecular complexity index is 891. The van der Waals surface area contributed by atoms with Crippen molar-refractivity contribution < 1.29 is 14.4 Å². The summed E-state index contributed by atoms with van der Waals surface area (Å²) in [5.74, 6) is -0.0760. The highest BCUT2D eigenvalue weighted by atomic mass is 16.2. The molecule has 1 aromatic heterocycles. The van der Waals surface area contributed by atoms with E-state index in [0.717, 1.165) is 32.1 Å². The number of aromatic nitrogens is 1. The fourth-order valence-electron chi connectivity index (χ4n) is 3.72. The van der Waals surface area contributed by atoms with Crippen LogP contribution in [-0.2, 0) is 0 Å². The van der Waals surface area contributed by atoms with Crippen LogP contribution in [0.1, 0.15) is 52.8 Å². The number of urea groups is 1. The summed E-state index contributed by atoms with van der Waals surface area (Å²) >= 11 is 0. The van der Waals surface area contributed by atoms with Gasteiger partial charge >= 0.3 is 6.03 Å². The van der Waals surface area contributed by atoms with Gasteiger partial charge < -0.3 is 5.32 Å². The van der Waals surface area contributed by atoms with Crippen molar-refractivity contribution >= 4 is 29.4 Å². The molecular weight excluding hydrogens is 344 g/mol. The van der Waals surface area contributed by atoms with Gasteiger partial charge in [-0.05, 0) is 43.2 Å². The monoisotopic (exact) mass is 364 g/mol. The minimum absolute atomic E-state index is 0.0185. The quantitative estimate of drug-likeness (QED) is 0.813. The number of amides is 4. The summed E-state index contributed by atoms with van der Waals surface area (Å²) in [5, 5.41) is 5.29. The van der Waals surface area contributed by atoms with E-state index in [1.165, 1.54) is 4.90 Å². The number of nitrogens with zero attached hydrogens (tertiary/aromatic N) is 2. The van der Waals surface area contributed by atoms with Crippen molar-refractivity contribution in [2.75, 3.05) is 10.6 Å². The first-order chi connectivity index (χ1) is 13.1. The van der Waals surface area contributed by atoms with E-state index in [-0.39, 0.29) is 17.9 Å². The molecule has 2 aliphatic rings. The van der Waals surface area contributed by atoms with E-state index in [9.17, 15) is 14.4 Å². The van der Waals surface area contributed by atoms with Crippen LogP contribution in [0.5, 0.6) is 0 Å². The van der Waals surface area contributed by atoms with Crippen molar-refractivity contribution in [3.05, 3.63) is 53.7 Å². The number of pyridine rings is 1. The molecule has 0 radical (unpaired) electrons. The van der Waals surface area contributed by atoms with Crippen molar-refractivity contribution in [1.82, 2.24) is 9.88 Å². The van der Waals surface area contributed by atoms with Crippen LogP contribution in [0.3, 0.4) is 0 Å². The zero-order valence-electron chi connectivity index (χ0n) is 14.8. The lowest BCUT2D eigenvalue weighted by Crippen LogP contribution is -2.40. The van der Waals surface area contributed by atoms with E-state index in [2.05, 4.69) is 15.6 Å².